The topological polar surface area (TPSA) is 81.2 Å². The van der Waals surface area contributed by atoms with Crippen molar-refractivity contribution in [3.63, 3.8) is 0 Å². The molecule has 5 rings (SSSR count). The lowest BCUT2D eigenvalue weighted by molar-refractivity contribution is -0.146. The maximum Gasteiger partial charge on any atom is 0.251 e. The van der Waals surface area contributed by atoms with Gasteiger partial charge in [0.15, 0.2) is 0 Å². The molecular weight excluding hydrogens is 570 g/mol. The monoisotopic (exact) mass is 615 g/mol. The fraction of sp³-hybridized carbons (Fsp3) is 0.472. The molecule has 3 amide bonds. The summed E-state index contributed by atoms with van der Waals surface area (Å²) >= 11 is 1.66. The summed E-state index contributed by atoms with van der Waals surface area (Å²) < 4.78 is -0.759. The smallest absolute Gasteiger partial charge is 0.251 e. The minimum absolute atomic E-state index is 0.0582. The number of hydrogen-bond acceptors (Lipinski definition) is 5. The van der Waals surface area contributed by atoms with Crippen LogP contribution in [0.1, 0.15) is 43.4 Å². The van der Waals surface area contributed by atoms with Gasteiger partial charge in [-0.3, -0.25) is 14.4 Å². The van der Waals surface area contributed by atoms with Crippen LogP contribution in [0.5, 0.6) is 0 Å². The minimum Gasteiger partial charge on any atom is -0.394 e. The van der Waals surface area contributed by atoms with Crippen molar-refractivity contribution >= 4 is 35.2 Å². The van der Waals surface area contributed by atoms with Crippen molar-refractivity contribution in [3.05, 3.63) is 90.5 Å². The summed E-state index contributed by atoms with van der Waals surface area (Å²) in [6.45, 7) is 16.6. The lowest BCUT2D eigenvalue weighted by Gasteiger charge is -2.41. The van der Waals surface area contributed by atoms with Crippen LogP contribution in [0.3, 0.4) is 0 Å². The molecule has 0 radical (unpaired) electrons. The predicted molar refractivity (Wildman–Crippen MR) is 177 cm³/mol. The van der Waals surface area contributed by atoms with E-state index >= 15 is 0 Å². The molecule has 3 fully saturated rings. The number of nitrogens with zero attached hydrogens (tertiary/aromatic N) is 3. The molecule has 44 heavy (non-hydrogen) atoms. The van der Waals surface area contributed by atoms with Gasteiger partial charge in [-0.05, 0) is 55.4 Å². The first-order valence-corrected chi connectivity index (χ1v) is 16.5. The highest BCUT2D eigenvalue weighted by Crippen LogP contribution is 2.67. The third-order valence-corrected chi connectivity index (χ3v) is 11.6. The van der Waals surface area contributed by atoms with Gasteiger partial charge in [-0.15, -0.1) is 24.9 Å². The number of likely N-dealkylation sites (tertiary alicyclic amines) is 1. The second kappa shape index (κ2) is 12.9. The molecular formula is C36H45N3O4S. The number of hydrogen-bond donors (Lipinski definition) is 1. The van der Waals surface area contributed by atoms with E-state index in [4.69, 9.17) is 0 Å². The molecule has 6 atom stereocenters. The van der Waals surface area contributed by atoms with Crippen LogP contribution < -0.4 is 4.90 Å². The highest BCUT2D eigenvalue weighted by molar-refractivity contribution is 8.02. The average molecular weight is 616 g/mol. The molecule has 2 aromatic rings. The van der Waals surface area contributed by atoms with Crippen molar-refractivity contribution in [2.75, 3.05) is 24.6 Å². The summed E-state index contributed by atoms with van der Waals surface area (Å²) in [7, 11) is 0. The predicted octanol–water partition coefficient (Wildman–Crippen LogP) is 5.15. The molecule has 2 aromatic carbocycles. The van der Waals surface area contributed by atoms with Crippen LogP contribution in [0.2, 0.25) is 0 Å². The first kappa shape index (κ1) is 32.0. The summed E-state index contributed by atoms with van der Waals surface area (Å²) in [6, 6.07) is 14.5. The Morgan fingerprint density at radius 2 is 1.80 bits per heavy atom. The van der Waals surface area contributed by atoms with E-state index in [-0.39, 0.29) is 42.0 Å². The number of aryl methyl sites for hydroxylation is 2. The van der Waals surface area contributed by atoms with Gasteiger partial charge in [-0.1, -0.05) is 68.5 Å². The number of benzene rings is 2. The zero-order chi connectivity index (χ0) is 31.8. The summed E-state index contributed by atoms with van der Waals surface area (Å²) in [5, 5.41) is 10.6. The number of thioether (sulfide) groups is 1. The highest BCUT2D eigenvalue weighted by Gasteiger charge is 2.74. The van der Waals surface area contributed by atoms with Crippen molar-refractivity contribution in [3.8, 4) is 0 Å². The average Bonchev–Trinajstić information content (AvgIpc) is 3.65. The van der Waals surface area contributed by atoms with Crippen LogP contribution in [0, 0.1) is 31.6 Å². The van der Waals surface area contributed by atoms with E-state index in [1.165, 1.54) is 0 Å². The number of fused-ring (bicyclic) bond motifs is 1. The number of carbonyl (C=O) groups is 3. The highest BCUT2D eigenvalue weighted by atomic mass is 32.2. The second-order valence-corrected chi connectivity index (χ2v) is 14.4. The largest absolute Gasteiger partial charge is 0.394 e. The normalized spacial score (nSPS) is 26.0. The van der Waals surface area contributed by atoms with Crippen molar-refractivity contribution in [1.29, 1.82) is 0 Å². The molecule has 3 aliphatic heterocycles. The van der Waals surface area contributed by atoms with Crippen LogP contribution in [0.4, 0.5) is 5.69 Å². The molecule has 3 aliphatic rings. The van der Waals surface area contributed by atoms with Crippen LogP contribution >= 0.6 is 11.8 Å². The van der Waals surface area contributed by atoms with Crippen LogP contribution in [-0.2, 0) is 20.9 Å². The molecule has 1 spiro atoms. The first-order valence-electron chi connectivity index (χ1n) is 15.6. The molecule has 0 aliphatic carbocycles. The third-order valence-electron chi connectivity index (χ3n) is 9.68. The third kappa shape index (κ3) is 5.40. The van der Waals surface area contributed by atoms with Crippen molar-refractivity contribution in [2.24, 2.45) is 17.8 Å². The molecule has 0 saturated carbocycles. The van der Waals surface area contributed by atoms with Crippen LogP contribution in [0.15, 0.2) is 73.8 Å². The number of aliphatic hydroxyl groups is 1. The van der Waals surface area contributed by atoms with Gasteiger partial charge >= 0.3 is 0 Å². The fourth-order valence-electron chi connectivity index (χ4n) is 7.63. The van der Waals surface area contributed by atoms with Gasteiger partial charge in [0.1, 0.15) is 6.04 Å². The molecule has 8 heteroatoms. The molecule has 0 aromatic heterocycles. The maximum atomic E-state index is 15.0. The lowest BCUT2D eigenvalue weighted by atomic mass is 9.70. The number of rotatable bonds is 12. The van der Waals surface area contributed by atoms with Crippen LogP contribution in [0.25, 0.3) is 0 Å². The Kier molecular flexibility index (Phi) is 9.42. The molecule has 3 heterocycles. The van der Waals surface area contributed by atoms with E-state index < -0.39 is 28.7 Å². The summed E-state index contributed by atoms with van der Waals surface area (Å²) in [5.74, 6) is -1.72. The first-order chi connectivity index (χ1) is 21.1. The fourth-order valence-corrected chi connectivity index (χ4v) is 9.82. The van der Waals surface area contributed by atoms with Crippen molar-refractivity contribution in [1.82, 2.24) is 9.80 Å². The molecule has 2 unspecified atom stereocenters. The van der Waals surface area contributed by atoms with Gasteiger partial charge in [0.25, 0.3) is 5.91 Å². The summed E-state index contributed by atoms with van der Waals surface area (Å²) in [6.07, 6.45) is 4.86. The standard InChI is InChI=1S/C36H45N3O4S/c1-7-18-37(21-26-12-10-9-11-13-26)33(41)30-29-16-17-36(44-29)31(30)34(42)39(28(22-40)23(3)4)32(36)35(43)38(19-8-2)27-20-24(5)14-15-25(27)6/h7-15,20,23,28-32,40H,1-2,16-19,21-22H2,3-6H3/t28-,29+,30-,31-,32?,36?/m0/s1. The quantitative estimate of drug-likeness (QED) is 0.335. The summed E-state index contributed by atoms with van der Waals surface area (Å²) in [5.41, 5.74) is 3.78. The minimum atomic E-state index is -0.811. The number of anilines is 1. The second-order valence-electron chi connectivity index (χ2n) is 12.8. The van der Waals surface area contributed by atoms with Gasteiger partial charge in [0.2, 0.25) is 11.8 Å². The van der Waals surface area contributed by atoms with E-state index in [9.17, 15) is 19.5 Å². The van der Waals surface area contributed by atoms with Gasteiger partial charge < -0.3 is 19.8 Å². The van der Waals surface area contributed by atoms with Gasteiger partial charge in [-0.2, -0.15) is 0 Å². The Balaban J connectivity index is 1.59. The van der Waals surface area contributed by atoms with Crippen molar-refractivity contribution in [2.45, 2.75) is 69.2 Å². The molecule has 3 saturated heterocycles. The molecule has 7 nitrogen and oxygen atoms in total. The number of amides is 3. The molecule has 2 bridgehead atoms. The van der Waals surface area contributed by atoms with E-state index in [2.05, 4.69) is 13.2 Å². The lowest BCUT2D eigenvalue weighted by Crippen LogP contribution is -2.58. The van der Waals surface area contributed by atoms with Gasteiger partial charge in [0.05, 0.1) is 29.2 Å². The van der Waals surface area contributed by atoms with E-state index in [1.54, 1.807) is 38.6 Å². The zero-order valence-electron chi connectivity index (χ0n) is 26.3. The SMILES string of the molecule is C=CCN(Cc1ccccc1)C(=O)[C@@H]1[C@H]2C(=O)N([C@@H](CO)C(C)C)C(C(=O)N(CC=C)c3cc(C)ccc3C)C23CC[C@H]1S3. The molecule has 234 valence electrons. The van der Waals surface area contributed by atoms with E-state index in [0.29, 0.717) is 19.5 Å². The van der Waals surface area contributed by atoms with Crippen LogP contribution in [-0.4, -0.2) is 74.4 Å². The Morgan fingerprint density at radius 1 is 1.09 bits per heavy atom. The Morgan fingerprint density at radius 3 is 2.43 bits per heavy atom. The Hall–Kier alpha value is -3.36. The van der Waals surface area contributed by atoms with E-state index in [0.717, 1.165) is 28.8 Å². The Bertz CT molecular complexity index is 1430. The number of aliphatic hydroxyl groups excluding tert-OH is 1. The Labute approximate surface area is 266 Å². The zero-order valence-corrected chi connectivity index (χ0v) is 27.1. The number of carbonyl (C=O) groups excluding carboxylic acids is 3. The van der Waals surface area contributed by atoms with Crippen molar-refractivity contribution < 1.29 is 19.5 Å². The summed E-state index contributed by atoms with van der Waals surface area (Å²) in [4.78, 5) is 49.3. The van der Waals surface area contributed by atoms with Gasteiger partial charge in [0, 0.05) is 30.6 Å². The maximum absolute atomic E-state index is 15.0. The van der Waals surface area contributed by atoms with E-state index in [1.807, 2.05) is 76.2 Å². The van der Waals surface area contributed by atoms with Gasteiger partial charge in [-0.25, -0.2) is 0 Å². The molecule has 1 N–H and O–H groups in total.